The monoisotopic (exact) mass is 208 g/mol. The Balaban J connectivity index is 2.16. The highest BCUT2D eigenvalue weighted by Gasteiger charge is 2.27. The third-order valence-corrected chi connectivity index (χ3v) is 2.79. The summed E-state index contributed by atoms with van der Waals surface area (Å²) < 4.78 is 11.1. The van der Waals surface area contributed by atoms with Crippen LogP contribution in [-0.2, 0) is 9.47 Å². The lowest BCUT2D eigenvalue weighted by Gasteiger charge is -2.30. The van der Waals surface area contributed by atoms with E-state index >= 15 is 0 Å². The van der Waals surface area contributed by atoms with E-state index in [1.165, 1.54) is 0 Å². The van der Waals surface area contributed by atoms with Crippen LogP contribution in [0.1, 0.15) is 24.5 Å². The second kappa shape index (κ2) is 4.64. The van der Waals surface area contributed by atoms with Crippen molar-refractivity contribution in [1.82, 2.24) is 0 Å². The summed E-state index contributed by atoms with van der Waals surface area (Å²) in [5.41, 5.74) is 1.07. The number of ether oxygens (including phenoxy) is 2. The number of rotatable bonds is 2. The minimum atomic E-state index is 0.00403. The molecular formula is C12H16O3. The van der Waals surface area contributed by atoms with Gasteiger partial charge in [-0.2, -0.15) is 0 Å². The van der Waals surface area contributed by atoms with Crippen LogP contribution in [-0.4, -0.2) is 24.9 Å². The van der Waals surface area contributed by atoms with Crippen molar-refractivity contribution in [1.29, 1.82) is 0 Å². The number of aromatic hydroxyl groups is 1. The molecule has 1 aliphatic heterocycles. The molecule has 1 fully saturated rings. The van der Waals surface area contributed by atoms with Crippen molar-refractivity contribution < 1.29 is 14.6 Å². The quantitative estimate of drug-likeness (QED) is 0.810. The molecule has 1 aliphatic rings. The van der Waals surface area contributed by atoms with E-state index in [0.717, 1.165) is 25.0 Å². The maximum absolute atomic E-state index is 9.21. The van der Waals surface area contributed by atoms with Crippen molar-refractivity contribution in [2.24, 2.45) is 0 Å². The predicted molar refractivity (Wildman–Crippen MR) is 56.8 cm³/mol. The Bertz CT molecular complexity index is 307. The molecule has 0 radical (unpaired) electrons. The van der Waals surface area contributed by atoms with Gasteiger partial charge in [0.25, 0.3) is 0 Å². The van der Waals surface area contributed by atoms with Gasteiger partial charge >= 0.3 is 0 Å². The van der Waals surface area contributed by atoms with Crippen molar-refractivity contribution in [2.75, 3.05) is 13.7 Å². The van der Waals surface area contributed by atoms with E-state index < -0.39 is 0 Å². The molecule has 15 heavy (non-hydrogen) atoms. The molecule has 2 rings (SSSR count). The Labute approximate surface area is 89.6 Å². The molecule has 1 aromatic rings. The second-order valence-corrected chi connectivity index (χ2v) is 3.80. The maximum Gasteiger partial charge on any atom is 0.115 e. The third kappa shape index (κ3) is 2.30. The Hall–Kier alpha value is -1.06. The van der Waals surface area contributed by atoms with Crippen LogP contribution < -0.4 is 0 Å². The Kier molecular flexibility index (Phi) is 3.23. The molecule has 0 saturated carbocycles. The molecule has 1 heterocycles. The van der Waals surface area contributed by atoms with Crippen molar-refractivity contribution in [3.8, 4) is 5.75 Å². The molecule has 82 valence electrons. The minimum absolute atomic E-state index is 0.00403. The van der Waals surface area contributed by atoms with Gasteiger partial charge in [-0.15, -0.1) is 0 Å². The van der Waals surface area contributed by atoms with Crippen LogP contribution in [0.5, 0.6) is 5.75 Å². The first-order valence-corrected chi connectivity index (χ1v) is 5.24. The average molecular weight is 208 g/mol. The van der Waals surface area contributed by atoms with E-state index in [-0.39, 0.29) is 18.0 Å². The molecule has 2 atom stereocenters. The number of hydrogen-bond donors (Lipinski definition) is 1. The lowest BCUT2D eigenvalue weighted by atomic mass is 9.98. The largest absolute Gasteiger partial charge is 0.508 e. The molecule has 3 nitrogen and oxygen atoms in total. The van der Waals surface area contributed by atoms with Crippen LogP contribution in [0.25, 0.3) is 0 Å². The number of benzene rings is 1. The van der Waals surface area contributed by atoms with E-state index in [1.807, 2.05) is 12.1 Å². The Morgan fingerprint density at radius 1 is 1.33 bits per heavy atom. The summed E-state index contributed by atoms with van der Waals surface area (Å²) in [6, 6.07) is 7.13. The predicted octanol–water partition coefficient (Wildman–Crippen LogP) is 2.26. The van der Waals surface area contributed by atoms with Crippen LogP contribution in [0.2, 0.25) is 0 Å². The molecule has 0 aliphatic carbocycles. The molecule has 0 amide bonds. The summed E-state index contributed by atoms with van der Waals surface area (Å²) in [6.07, 6.45) is 2.21. The van der Waals surface area contributed by atoms with Gasteiger partial charge in [-0.25, -0.2) is 0 Å². The number of hydrogen-bond acceptors (Lipinski definition) is 3. The fourth-order valence-electron chi connectivity index (χ4n) is 1.97. The number of phenolic OH excluding ortho intramolecular Hbond substituents is 1. The van der Waals surface area contributed by atoms with Gasteiger partial charge in [0.15, 0.2) is 0 Å². The lowest BCUT2D eigenvalue weighted by Crippen LogP contribution is -2.28. The van der Waals surface area contributed by atoms with Gasteiger partial charge in [-0.05, 0) is 30.5 Å². The first kappa shape index (κ1) is 10.5. The second-order valence-electron chi connectivity index (χ2n) is 3.80. The first-order valence-electron chi connectivity index (χ1n) is 5.24. The molecule has 0 aromatic heterocycles. The van der Waals surface area contributed by atoms with Gasteiger partial charge in [0.05, 0.1) is 6.10 Å². The van der Waals surface area contributed by atoms with Crippen LogP contribution in [0.4, 0.5) is 0 Å². The summed E-state index contributed by atoms with van der Waals surface area (Å²) in [6.45, 7) is 0.783. The highest BCUT2D eigenvalue weighted by atomic mass is 16.5. The first-order chi connectivity index (χ1) is 7.31. The van der Waals surface area contributed by atoms with E-state index in [9.17, 15) is 5.11 Å². The summed E-state index contributed by atoms with van der Waals surface area (Å²) in [4.78, 5) is 0. The molecule has 1 saturated heterocycles. The van der Waals surface area contributed by atoms with E-state index in [1.54, 1.807) is 19.2 Å². The zero-order valence-corrected chi connectivity index (χ0v) is 8.85. The maximum atomic E-state index is 9.21. The van der Waals surface area contributed by atoms with Gasteiger partial charge in [0, 0.05) is 13.7 Å². The zero-order valence-electron chi connectivity index (χ0n) is 8.85. The van der Waals surface area contributed by atoms with Crippen LogP contribution in [0.15, 0.2) is 24.3 Å². The van der Waals surface area contributed by atoms with Crippen molar-refractivity contribution in [3.63, 3.8) is 0 Å². The minimum Gasteiger partial charge on any atom is -0.508 e. The highest BCUT2D eigenvalue weighted by molar-refractivity contribution is 5.28. The van der Waals surface area contributed by atoms with Gasteiger partial charge in [0.2, 0.25) is 0 Å². The fraction of sp³-hybridized carbons (Fsp3) is 0.500. The zero-order chi connectivity index (χ0) is 10.7. The molecule has 2 unspecified atom stereocenters. The van der Waals surface area contributed by atoms with Crippen LogP contribution >= 0.6 is 0 Å². The van der Waals surface area contributed by atoms with Gasteiger partial charge in [0.1, 0.15) is 11.9 Å². The smallest absolute Gasteiger partial charge is 0.115 e. The topological polar surface area (TPSA) is 38.7 Å². The standard InChI is InChI=1S/C12H16O3/c1-14-11-3-2-8-15-12(11)9-4-6-10(13)7-5-9/h4-7,11-13H,2-3,8H2,1H3. The van der Waals surface area contributed by atoms with Crippen molar-refractivity contribution in [2.45, 2.75) is 25.0 Å². The highest BCUT2D eigenvalue weighted by Crippen LogP contribution is 2.30. The Morgan fingerprint density at radius 2 is 2.07 bits per heavy atom. The van der Waals surface area contributed by atoms with E-state index in [0.29, 0.717) is 0 Å². The summed E-state index contributed by atoms with van der Waals surface area (Å²) in [5, 5.41) is 9.21. The summed E-state index contributed by atoms with van der Waals surface area (Å²) in [5.74, 6) is 0.281. The normalized spacial score (nSPS) is 26.5. The van der Waals surface area contributed by atoms with E-state index in [2.05, 4.69) is 0 Å². The summed E-state index contributed by atoms with van der Waals surface area (Å²) in [7, 11) is 1.72. The molecule has 1 aromatic carbocycles. The molecule has 1 N–H and O–H groups in total. The van der Waals surface area contributed by atoms with Gasteiger partial charge < -0.3 is 14.6 Å². The van der Waals surface area contributed by atoms with Crippen molar-refractivity contribution >= 4 is 0 Å². The lowest BCUT2D eigenvalue weighted by molar-refractivity contribution is -0.0928. The van der Waals surface area contributed by atoms with Crippen LogP contribution in [0, 0.1) is 0 Å². The number of methoxy groups -OCH3 is 1. The molecule has 0 spiro atoms. The van der Waals surface area contributed by atoms with E-state index in [4.69, 9.17) is 9.47 Å². The van der Waals surface area contributed by atoms with Crippen LogP contribution in [0.3, 0.4) is 0 Å². The van der Waals surface area contributed by atoms with Gasteiger partial charge in [-0.1, -0.05) is 12.1 Å². The third-order valence-electron chi connectivity index (χ3n) is 2.79. The average Bonchev–Trinajstić information content (AvgIpc) is 2.30. The summed E-state index contributed by atoms with van der Waals surface area (Å²) >= 11 is 0. The molecular weight excluding hydrogens is 192 g/mol. The molecule has 3 heteroatoms. The van der Waals surface area contributed by atoms with Crippen molar-refractivity contribution in [3.05, 3.63) is 29.8 Å². The Morgan fingerprint density at radius 3 is 2.73 bits per heavy atom. The SMILES string of the molecule is COC1CCCOC1c1ccc(O)cc1. The molecule has 0 bridgehead atoms. The fourth-order valence-corrected chi connectivity index (χ4v) is 1.97. The number of phenols is 1. The van der Waals surface area contributed by atoms with Gasteiger partial charge in [-0.3, -0.25) is 0 Å².